The van der Waals surface area contributed by atoms with Crippen molar-refractivity contribution >= 4 is 28.9 Å². The number of carboxylic acids is 1. The van der Waals surface area contributed by atoms with Crippen molar-refractivity contribution in [3.05, 3.63) is 77.6 Å². The van der Waals surface area contributed by atoms with E-state index in [4.69, 9.17) is 0 Å². The summed E-state index contributed by atoms with van der Waals surface area (Å²) in [4.78, 5) is 26.6. The maximum Gasteiger partial charge on any atom is 0.352 e. The van der Waals surface area contributed by atoms with Crippen LogP contribution in [-0.4, -0.2) is 22.0 Å². The van der Waals surface area contributed by atoms with E-state index in [9.17, 15) is 14.7 Å². The lowest BCUT2D eigenvalue weighted by Gasteiger charge is -2.06. The van der Waals surface area contributed by atoms with Gasteiger partial charge >= 0.3 is 5.97 Å². The molecule has 0 radical (unpaired) electrons. The van der Waals surface area contributed by atoms with Gasteiger partial charge in [0.15, 0.2) is 0 Å². The van der Waals surface area contributed by atoms with E-state index >= 15 is 0 Å². The van der Waals surface area contributed by atoms with E-state index < -0.39 is 11.9 Å². The topological polar surface area (TPSA) is 82.2 Å². The third-order valence-corrected chi connectivity index (χ3v) is 3.44. The largest absolute Gasteiger partial charge is 0.477 e. The molecule has 3 rings (SSSR count). The van der Waals surface area contributed by atoms with Crippen molar-refractivity contribution in [3.8, 4) is 0 Å². The average molecular weight is 307 g/mol. The number of aromatic nitrogens is 1. The first-order valence-corrected chi connectivity index (χ1v) is 7.02. The number of rotatable bonds is 4. The Kier molecular flexibility index (Phi) is 3.93. The second-order valence-electron chi connectivity index (χ2n) is 4.97. The summed E-state index contributed by atoms with van der Waals surface area (Å²) in [6.07, 6.45) is 3.16. The monoisotopic (exact) mass is 307 g/mol. The van der Waals surface area contributed by atoms with Gasteiger partial charge in [-0.2, -0.15) is 0 Å². The number of aromatic amines is 1. The fourth-order valence-electron chi connectivity index (χ4n) is 2.30. The van der Waals surface area contributed by atoms with E-state index in [0.717, 1.165) is 10.9 Å². The number of carboxylic acid groups (broad SMARTS) is 1. The summed E-state index contributed by atoms with van der Waals surface area (Å²) < 4.78 is 0. The minimum Gasteiger partial charge on any atom is -0.477 e. The highest BCUT2D eigenvalue weighted by molar-refractivity contribution is 6.04. The molecule has 0 bridgehead atoms. The van der Waals surface area contributed by atoms with Gasteiger partial charge in [-0.1, -0.05) is 36.4 Å². The summed E-state index contributed by atoms with van der Waals surface area (Å²) in [5.41, 5.74) is 1.83. The molecule has 0 atom stereocenters. The van der Waals surface area contributed by atoms with Crippen molar-refractivity contribution in [2.24, 2.45) is 0 Å². The van der Waals surface area contributed by atoms with Crippen molar-refractivity contribution in [2.45, 2.75) is 0 Å². The molecule has 0 saturated carbocycles. The van der Waals surface area contributed by atoms with Gasteiger partial charge in [0, 0.05) is 28.2 Å². The van der Waals surface area contributed by atoms with Gasteiger partial charge < -0.3 is 15.4 Å². The van der Waals surface area contributed by atoms with Crippen LogP contribution in [0.15, 0.2) is 66.5 Å². The molecule has 0 saturated heterocycles. The molecule has 23 heavy (non-hydrogen) atoms. The molecule has 1 aromatic heterocycles. The van der Waals surface area contributed by atoms with E-state index in [1.165, 1.54) is 6.08 Å². The minimum atomic E-state index is -1.19. The number of carbonyl (C=O) groups is 2. The van der Waals surface area contributed by atoms with Crippen LogP contribution in [-0.2, 0) is 4.79 Å². The first-order valence-electron chi connectivity index (χ1n) is 7.02. The highest BCUT2D eigenvalue weighted by Gasteiger charge is 2.14. The highest BCUT2D eigenvalue weighted by atomic mass is 16.4. The first-order chi connectivity index (χ1) is 11.1. The fourth-order valence-corrected chi connectivity index (χ4v) is 2.30. The molecule has 0 aliphatic carbocycles. The van der Waals surface area contributed by atoms with Crippen molar-refractivity contribution < 1.29 is 14.7 Å². The molecule has 0 aliphatic rings. The molecule has 2 aromatic carbocycles. The Bertz CT molecular complexity index is 895. The zero-order valence-electron chi connectivity index (χ0n) is 12.1. The number of H-pyrrole nitrogens is 1. The number of carbonyl (C=O) groups excluding carboxylic acids is 1. The van der Waals surface area contributed by atoms with E-state index in [0.29, 0.717) is 11.1 Å². The SMILES string of the molecule is O=C(O)/C(=C\c1c[nH]c2ccccc12)[15NH]C(=O)c1ccccc1. The van der Waals surface area contributed by atoms with Crippen LogP contribution in [0.4, 0.5) is 0 Å². The van der Waals surface area contributed by atoms with Crippen molar-refractivity contribution in [1.29, 1.82) is 0 Å². The first kappa shape index (κ1) is 14.6. The number of fused-ring (bicyclic) bond motifs is 1. The molecule has 1 amide bonds. The van der Waals surface area contributed by atoms with Gasteiger partial charge in [0.2, 0.25) is 0 Å². The van der Waals surface area contributed by atoms with Crippen molar-refractivity contribution in [3.63, 3.8) is 0 Å². The summed E-state index contributed by atoms with van der Waals surface area (Å²) >= 11 is 0. The standard InChI is InChI=1S/C18H14N2O3/c21-17(12-6-2-1-3-7-12)20-16(18(22)23)10-13-11-19-15-9-5-4-8-14(13)15/h1-11,19H,(H,20,21)(H,22,23)/b16-10+/i20+1. The Morgan fingerprint density at radius 3 is 2.43 bits per heavy atom. The lowest BCUT2D eigenvalue weighted by atomic mass is 10.1. The summed E-state index contributed by atoms with van der Waals surface area (Å²) in [6.45, 7) is 0. The van der Waals surface area contributed by atoms with Gasteiger partial charge in [0.05, 0.1) is 0 Å². The second-order valence-corrected chi connectivity index (χ2v) is 4.97. The van der Waals surface area contributed by atoms with Crippen molar-refractivity contribution in [1.82, 2.24) is 10.3 Å². The number of amides is 1. The molecule has 0 unspecified atom stereocenters. The maximum atomic E-state index is 12.1. The van der Waals surface area contributed by atoms with E-state index in [1.807, 2.05) is 24.3 Å². The molecule has 3 aromatic rings. The Morgan fingerprint density at radius 2 is 1.70 bits per heavy atom. The zero-order chi connectivity index (χ0) is 16.2. The number of aliphatic carboxylic acids is 1. The van der Waals surface area contributed by atoms with Crippen LogP contribution in [0.2, 0.25) is 0 Å². The number of hydrogen-bond acceptors (Lipinski definition) is 2. The normalized spacial score (nSPS) is 11.4. The van der Waals surface area contributed by atoms with Crippen LogP contribution in [0.5, 0.6) is 0 Å². The highest BCUT2D eigenvalue weighted by Crippen LogP contribution is 2.20. The Labute approximate surface area is 132 Å². The zero-order valence-corrected chi connectivity index (χ0v) is 12.1. The molecule has 0 fully saturated rings. The number of hydrogen-bond donors (Lipinski definition) is 3. The number of para-hydroxylation sites is 1. The van der Waals surface area contributed by atoms with Gasteiger partial charge in [-0.15, -0.1) is 0 Å². The fraction of sp³-hybridized carbons (Fsp3) is 0. The molecule has 3 N–H and O–H groups in total. The van der Waals surface area contributed by atoms with Crippen LogP contribution < -0.4 is 5.32 Å². The van der Waals surface area contributed by atoms with Crippen LogP contribution >= 0.6 is 0 Å². The van der Waals surface area contributed by atoms with Gasteiger partial charge in [0.1, 0.15) is 5.70 Å². The second kappa shape index (κ2) is 6.19. The van der Waals surface area contributed by atoms with Gasteiger partial charge in [0.25, 0.3) is 5.91 Å². The van der Waals surface area contributed by atoms with Crippen LogP contribution in [0.3, 0.4) is 0 Å². The van der Waals surface area contributed by atoms with Gasteiger partial charge in [-0.05, 0) is 24.3 Å². The number of nitrogens with one attached hydrogen (secondary N) is 2. The van der Waals surface area contributed by atoms with Crippen LogP contribution in [0.1, 0.15) is 15.9 Å². The molecule has 0 spiro atoms. The predicted octanol–water partition coefficient (Wildman–Crippen LogP) is 3.02. The summed E-state index contributed by atoms with van der Waals surface area (Å²) in [5, 5.41) is 12.7. The summed E-state index contributed by atoms with van der Waals surface area (Å²) in [7, 11) is 0. The summed E-state index contributed by atoms with van der Waals surface area (Å²) in [5.74, 6) is -1.65. The van der Waals surface area contributed by atoms with E-state index in [2.05, 4.69) is 10.3 Å². The Hall–Kier alpha value is -3.34. The maximum absolute atomic E-state index is 12.1. The molecule has 5 heteroatoms. The third-order valence-electron chi connectivity index (χ3n) is 3.44. The van der Waals surface area contributed by atoms with Crippen molar-refractivity contribution in [2.75, 3.05) is 0 Å². The molecule has 0 aliphatic heterocycles. The van der Waals surface area contributed by atoms with Crippen LogP contribution in [0, 0.1) is 0 Å². The molecule has 5 nitrogen and oxygen atoms in total. The van der Waals surface area contributed by atoms with Gasteiger partial charge in [-0.3, -0.25) is 4.79 Å². The summed E-state index contributed by atoms with van der Waals surface area (Å²) in [6, 6.07) is 16.0. The quantitative estimate of drug-likeness (QED) is 0.512. The lowest BCUT2D eigenvalue weighted by molar-refractivity contribution is -0.132. The smallest absolute Gasteiger partial charge is 0.352 e. The van der Waals surface area contributed by atoms with E-state index in [1.54, 1.807) is 36.5 Å². The average Bonchev–Trinajstić information content (AvgIpc) is 2.98. The van der Waals surface area contributed by atoms with Crippen LogP contribution in [0.25, 0.3) is 17.0 Å². The lowest BCUT2D eigenvalue weighted by Crippen LogP contribution is -2.27. The molecule has 1 heterocycles. The Morgan fingerprint density at radius 1 is 1.00 bits per heavy atom. The minimum absolute atomic E-state index is 0.177. The number of benzene rings is 2. The molecule has 114 valence electrons. The van der Waals surface area contributed by atoms with E-state index in [-0.39, 0.29) is 5.70 Å². The predicted molar refractivity (Wildman–Crippen MR) is 87.8 cm³/mol. The van der Waals surface area contributed by atoms with Gasteiger partial charge in [-0.25, -0.2) is 4.79 Å². The molecular formula is C18H14N2O3. The molecular weight excluding hydrogens is 293 g/mol. The third kappa shape index (κ3) is 3.13. The Balaban J connectivity index is 1.93.